The van der Waals surface area contributed by atoms with Gasteiger partial charge in [0.25, 0.3) is 0 Å². The van der Waals surface area contributed by atoms with Crippen LogP contribution in [0.4, 0.5) is 0 Å². The molecule has 102 valence electrons. The summed E-state index contributed by atoms with van der Waals surface area (Å²) >= 11 is 0. The van der Waals surface area contributed by atoms with E-state index in [9.17, 15) is 9.90 Å². The van der Waals surface area contributed by atoms with Gasteiger partial charge in [0.05, 0.1) is 11.5 Å². The molecular weight excluding hydrogens is 228 g/mol. The molecule has 3 fully saturated rings. The van der Waals surface area contributed by atoms with Gasteiger partial charge in [-0.15, -0.1) is 0 Å². The lowest BCUT2D eigenvalue weighted by molar-refractivity contribution is -0.150. The molecule has 2 aliphatic heterocycles. The normalized spacial score (nSPS) is 39.2. The number of carbonyl (C=O) groups is 1. The Hall–Kier alpha value is -0.610. The monoisotopic (exact) mass is 252 g/mol. The largest absolute Gasteiger partial charge is 0.392 e. The average molecular weight is 252 g/mol. The summed E-state index contributed by atoms with van der Waals surface area (Å²) in [6.45, 7) is 2.50. The van der Waals surface area contributed by atoms with Crippen molar-refractivity contribution in [3.63, 3.8) is 0 Å². The molecule has 4 heteroatoms. The summed E-state index contributed by atoms with van der Waals surface area (Å²) in [4.78, 5) is 14.7. The number of nitrogens with one attached hydrogen (secondary N) is 1. The number of carbonyl (C=O) groups excluding carboxylic acids is 1. The predicted molar refractivity (Wildman–Crippen MR) is 69.1 cm³/mol. The second kappa shape index (κ2) is 4.82. The number of hydrogen-bond acceptors (Lipinski definition) is 3. The van der Waals surface area contributed by atoms with E-state index >= 15 is 0 Å². The van der Waals surface area contributed by atoms with E-state index in [1.165, 1.54) is 25.7 Å². The van der Waals surface area contributed by atoms with Crippen LogP contribution >= 0.6 is 0 Å². The van der Waals surface area contributed by atoms with Crippen molar-refractivity contribution >= 4 is 5.91 Å². The van der Waals surface area contributed by atoms with Gasteiger partial charge in [0, 0.05) is 25.7 Å². The molecule has 1 saturated carbocycles. The van der Waals surface area contributed by atoms with E-state index < -0.39 is 11.5 Å². The molecule has 0 bridgehead atoms. The molecule has 18 heavy (non-hydrogen) atoms. The molecule has 0 unspecified atom stereocenters. The average Bonchev–Trinajstić information content (AvgIpc) is 2.90. The van der Waals surface area contributed by atoms with Crippen LogP contribution in [-0.4, -0.2) is 47.7 Å². The summed E-state index contributed by atoms with van der Waals surface area (Å²) in [5.74, 6) is 0.0870. The zero-order valence-electron chi connectivity index (χ0n) is 11.0. The third-order valence-electron chi connectivity index (χ3n) is 5.19. The van der Waals surface area contributed by atoms with Gasteiger partial charge < -0.3 is 10.4 Å². The summed E-state index contributed by atoms with van der Waals surface area (Å²) in [7, 11) is 0. The molecule has 1 amide bonds. The summed E-state index contributed by atoms with van der Waals surface area (Å²) in [6, 6.07) is 0.657. The van der Waals surface area contributed by atoms with Crippen molar-refractivity contribution in [2.24, 2.45) is 5.41 Å². The maximum atomic E-state index is 12.2. The van der Waals surface area contributed by atoms with E-state index in [4.69, 9.17) is 0 Å². The minimum atomic E-state index is -0.515. The first-order valence-corrected chi connectivity index (χ1v) is 7.43. The molecule has 3 aliphatic rings. The molecule has 0 aromatic carbocycles. The van der Waals surface area contributed by atoms with E-state index in [0.29, 0.717) is 6.04 Å². The van der Waals surface area contributed by atoms with Crippen LogP contribution in [0.5, 0.6) is 0 Å². The van der Waals surface area contributed by atoms with Crippen molar-refractivity contribution in [2.75, 3.05) is 19.6 Å². The molecular formula is C14H24N2O2. The fraction of sp³-hybridized carbons (Fsp3) is 0.929. The van der Waals surface area contributed by atoms with Crippen LogP contribution < -0.4 is 5.32 Å². The highest BCUT2D eigenvalue weighted by Gasteiger charge is 2.50. The molecule has 0 aromatic heterocycles. The van der Waals surface area contributed by atoms with Gasteiger partial charge in [0.2, 0.25) is 5.91 Å². The van der Waals surface area contributed by atoms with E-state index in [1.807, 2.05) is 0 Å². The maximum absolute atomic E-state index is 12.2. The molecule has 0 radical (unpaired) electrons. The van der Waals surface area contributed by atoms with E-state index in [0.717, 1.165) is 38.9 Å². The summed E-state index contributed by atoms with van der Waals surface area (Å²) in [5, 5.41) is 13.3. The lowest BCUT2D eigenvalue weighted by Crippen LogP contribution is -2.62. The first-order valence-electron chi connectivity index (χ1n) is 7.43. The van der Waals surface area contributed by atoms with Crippen molar-refractivity contribution in [2.45, 2.75) is 57.1 Å². The Labute approximate surface area is 109 Å². The van der Waals surface area contributed by atoms with Crippen LogP contribution in [0.2, 0.25) is 0 Å². The molecule has 3 rings (SSSR count). The van der Waals surface area contributed by atoms with Gasteiger partial charge in [0.1, 0.15) is 0 Å². The lowest BCUT2D eigenvalue weighted by atomic mass is 9.71. The van der Waals surface area contributed by atoms with Crippen molar-refractivity contribution in [3.8, 4) is 0 Å². The minimum Gasteiger partial charge on any atom is -0.392 e. The Morgan fingerprint density at radius 1 is 1.22 bits per heavy atom. The lowest BCUT2D eigenvalue weighted by Gasteiger charge is -2.48. The van der Waals surface area contributed by atoms with Gasteiger partial charge in [0.15, 0.2) is 0 Å². The fourth-order valence-electron chi connectivity index (χ4n) is 4.06. The van der Waals surface area contributed by atoms with E-state index in [2.05, 4.69) is 10.2 Å². The van der Waals surface area contributed by atoms with Gasteiger partial charge in [-0.2, -0.15) is 0 Å². The molecule has 1 aliphatic carbocycles. The number of piperidine rings is 2. The summed E-state index contributed by atoms with van der Waals surface area (Å²) in [6.07, 6.45) is 7.34. The van der Waals surface area contributed by atoms with Gasteiger partial charge in [-0.25, -0.2) is 0 Å². The second-order valence-corrected chi connectivity index (χ2v) is 6.23. The van der Waals surface area contributed by atoms with Gasteiger partial charge in [-0.1, -0.05) is 12.8 Å². The molecule has 2 N–H and O–H groups in total. The van der Waals surface area contributed by atoms with Crippen LogP contribution in [0.15, 0.2) is 0 Å². The minimum absolute atomic E-state index is 0.0870. The smallest absolute Gasteiger partial charge is 0.230 e. The summed E-state index contributed by atoms with van der Waals surface area (Å²) in [5.41, 5.74) is -0.515. The number of rotatable bonds is 1. The Kier molecular flexibility index (Phi) is 3.32. The fourth-order valence-corrected chi connectivity index (χ4v) is 4.06. The molecule has 2 heterocycles. The highest BCUT2D eigenvalue weighted by atomic mass is 16.3. The van der Waals surface area contributed by atoms with Gasteiger partial charge in [-0.05, 0) is 32.1 Å². The highest BCUT2D eigenvalue weighted by molar-refractivity contribution is 5.84. The topological polar surface area (TPSA) is 52.6 Å². The number of aliphatic hydroxyl groups excluding tert-OH is 1. The van der Waals surface area contributed by atoms with Gasteiger partial charge in [-0.3, -0.25) is 9.69 Å². The van der Waals surface area contributed by atoms with Crippen molar-refractivity contribution in [1.82, 2.24) is 10.2 Å². The summed E-state index contributed by atoms with van der Waals surface area (Å²) < 4.78 is 0. The molecule has 0 aromatic rings. The Balaban J connectivity index is 1.77. The molecule has 1 spiro atoms. The van der Waals surface area contributed by atoms with Crippen molar-refractivity contribution < 1.29 is 9.90 Å². The third kappa shape index (κ3) is 1.95. The van der Waals surface area contributed by atoms with Crippen LogP contribution in [-0.2, 0) is 4.79 Å². The number of amides is 1. The standard InChI is InChI=1S/C14H24N2O2/c17-12-6-9-16(11-4-1-2-5-11)10-14(12)7-3-8-15-13(14)18/h11-12,17H,1-10H2,(H,15,18)/t12-,14-/m1/s1. The molecule has 2 saturated heterocycles. The quantitative estimate of drug-likeness (QED) is 0.729. The highest BCUT2D eigenvalue weighted by Crippen LogP contribution is 2.39. The predicted octanol–water partition coefficient (Wildman–Crippen LogP) is 0.892. The van der Waals surface area contributed by atoms with Crippen LogP contribution in [0, 0.1) is 5.41 Å². The third-order valence-corrected chi connectivity index (χ3v) is 5.19. The Bertz CT molecular complexity index is 328. The zero-order chi connectivity index (χ0) is 12.6. The van der Waals surface area contributed by atoms with E-state index in [1.54, 1.807) is 0 Å². The van der Waals surface area contributed by atoms with Crippen molar-refractivity contribution in [3.05, 3.63) is 0 Å². The number of hydrogen-bond donors (Lipinski definition) is 2. The Morgan fingerprint density at radius 2 is 2.00 bits per heavy atom. The van der Waals surface area contributed by atoms with Crippen LogP contribution in [0.25, 0.3) is 0 Å². The number of likely N-dealkylation sites (tertiary alicyclic amines) is 1. The Morgan fingerprint density at radius 3 is 2.72 bits per heavy atom. The maximum Gasteiger partial charge on any atom is 0.230 e. The SMILES string of the molecule is O=C1NCCC[C@]12CN(C1CCCC1)CC[C@H]2O. The van der Waals surface area contributed by atoms with Crippen LogP contribution in [0.1, 0.15) is 44.9 Å². The molecule has 2 atom stereocenters. The van der Waals surface area contributed by atoms with Gasteiger partial charge >= 0.3 is 0 Å². The first kappa shape index (κ1) is 12.4. The molecule has 4 nitrogen and oxygen atoms in total. The van der Waals surface area contributed by atoms with E-state index in [-0.39, 0.29) is 5.91 Å². The first-order chi connectivity index (χ1) is 8.72. The van der Waals surface area contributed by atoms with Crippen LogP contribution in [0.3, 0.4) is 0 Å². The number of aliphatic hydroxyl groups is 1. The van der Waals surface area contributed by atoms with Crippen molar-refractivity contribution in [1.29, 1.82) is 0 Å². The second-order valence-electron chi connectivity index (χ2n) is 6.23. The zero-order valence-corrected chi connectivity index (χ0v) is 11.0. The number of nitrogens with zero attached hydrogens (tertiary/aromatic N) is 1.